The molecule has 0 saturated heterocycles. The molecule has 1 aromatic carbocycles. The fraction of sp³-hybridized carbons (Fsp3) is 0.0833. The fourth-order valence-electron chi connectivity index (χ4n) is 1.53. The van der Waals surface area contributed by atoms with Crippen molar-refractivity contribution in [1.82, 2.24) is 4.98 Å². The number of nitrogens with two attached hydrogens (primary N) is 1. The third-order valence-electron chi connectivity index (χ3n) is 2.29. The molecule has 0 saturated carbocycles. The van der Waals surface area contributed by atoms with Crippen LogP contribution in [0.3, 0.4) is 0 Å². The van der Waals surface area contributed by atoms with Crippen LogP contribution in [0.25, 0.3) is 11.1 Å². The smallest absolute Gasteiger partial charge is 0.221 e. The lowest BCUT2D eigenvalue weighted by molar-refractivity contribution is 0.400. The van der Waals surface area contributed by atoms with Gasteiger partial charge in [-0.2, -0.15) is 0 Å². The van der Waals surface area contributed by atoms with Crippen LogP contribution < -0.4 is 10.5 Å². The predicted octanol–water partition coefficient (Wildman–Crippen LogP) is 3.13. The van der Waals surface area contributed by atoms with Gasteiger partial charge in [0.25, 0.3) is 0 Å². The maximum Gasteiger partial charge on any atom is 0.221 e. The molecule has 0 bridgehead atoms. The van der Waals surface area contributed by atoms with E-state index < -0.39 is 5.82 Å². The molecule has 17 heavy (non-hydrogen) atoms. The summed E-state index contributed by atoms with van der Waals surface area (Å²) >= 11 is 5.98. The van der Waals surface area contributed by atoms with E-state index in [0.717, 1.165) is 0 Å². The molecule has 0 radical (unpaired) electrons. The van der Waals surface area contributed by atoms with Gasteiger partial charge in [0, 0.05) is 11.1 Å². The zero-order chi connectivity index (χ0) is 12.4. The van der Waals surface area contributed by atoms with Crippen molar-refractivity contribution < 1.29 is 9.13 Å². The van der Waals surface area contributed by atoms with Crippen LogP contribution in [0.15, 0.2) is 30.5 Å². The van der Waals surface area contributed by atoms with Crippen LogP contribution in [0.4, 0.5) is 10.1 Å². The van der Waals surface area contributed by atoms with Crippen LogP contribution >= 0.6 is 11.6 Å². The number of hydrogen-bond acceptors (Lipinski definition) is 3. The van der Waals surface area contributed by atoms with Crippen molar-refractivity contribution >= 4 is 17.3 Å². The number of nitrogen functional groups attached to an aromatic ring is 1. The summed E-state index contributed by atoms with van der Waals surface area (Å²) in [6, 6.07) is 5.81. The number of pyridine rings is 1. The summed E-state index contributed by atoms with van der Waals surface area (Å²) in [6.45, 7) is 0. The van der Waals surface area contributed by atoms with Gasteiger partial charge >= 0.3 is 0 Å². The molecule has 0 aliphatic rings. The van der Waals surface area contributed by atoms with Crippen LogP contribution in [0, 0.1) is 5.82 Å². The molecule has 88 valence electrons. The second-order valence-electron chi connectivity index (χ2n) is 3.45. The minimum atomic E-state index is -0.394. The van der Waals surface area contributed by atoms with Crippen LogP contribution in [0.5, 0.6) is 5.88 Å². The summed E-state index contributed by atoms with van der Waals surface area (Å²) in [7, 11) is 1.50. The molecule has 2 N–H and O–H groups in total. The van der Waals surface area contributed by atoms with E-state index in [9.17, 15) is 4.39 Å². The Morgan fingerprint density at radius 3 is 2.71 bits per heavy atom. The normalized spacial score (nSPS) is 10.3. The standard InChI is InChI=1S/C12H10ClFN2O/c1-17-12-10(5-8(15)6-16-12)9-3-2-7(14)4-11(9)13/h2-6H,15H2,1H3. The van der Waals surface area contributed by atoms with E-state index >= 15 is 0 Å². The summed E-state index contributed by atoms with van der Waals surface area (Å²) in [5, 5.41) is 0.288. The average molecular weight is 253 g/mol. The highest BCUT2D eigenvalue weighted by atomic mass is 35.5. The van der Waals surface area contributed by atoms with Gasteiger partial charge in [-0.25, -0.2) is 9.37 Å². The maximum atomic E-state index is 13.0. The Labute approximate surface area is 103 Å². The first kappa shape index (κ1) is 11.7. The van der Waals surface area contributed by atoms with Crippen molar-refractivity contribution in [2.75, 3.05) is 12.8 Å². The topological polar surface area (TPSA) is 48.1 Å². The quantitative estimate of drug-likeness (QED) is 0.893. The number of aromatic nitrogens is 1. The van der Waals surface area contributed by atoms with Crippen LogP contribution in [-0.2, 0) is 0 Å². The van der Waals surface area contributed by atoms with Gasteiger partial charge in [0.05, 0.1) is 24.0 Å². The van der Waals surface area contributed by atoms with Gasteiger partial charge in [0.1, 0.15) is 5.82 Å². The molecular weight excluding hydrogens is 243 g/mol. The SMILES string of the molecule is COc1ncc(N)cc1-c1ccc(F)cc1Cl. The van der Waals surface area contributed by atoms with Crippen molar-refractivity contribution in [3.05, 3.63) is 41.3 Å². The van der Waals surface area contributed by atoms with Gasteiger partial charge in [-0.3, -0.25) is 0 Å². The highest BCUT2D eigenvalue weighted by Crippen LogP contribution is 2.34. The second kappa shape index (κ2) is 4.59. The zero-order valence-corrected chi connectivity index (χ0v) is 9.83. The number of rotatable bonds is 2. The molecule has 0 unspecified atom stereocenters. The lowest BCUT2D eigenvalue weighted by Crippen LogP contribution is -1.95. The number of methoxy groups -OCH3 is 1. The molecule has 1 heterocycles. The number of benzene rings is 1. The molecule has 0 aliphatic heterocycles. The number of anilines is 1. The third kappa shape index (κ3) is 2.31. The molecule has 0 amide bonds. The average Bonchev–Trinajstić information content (AvgIpc) is 2.29. The molecule has 1 aromatic heterocycles. The predicted molar refractivity (Wildman–Crippen MR) is 65.6 cm³/mol. The highest BCUT2D eigenvalue weighted by molar-refractivity contribution is 6.33. The first-order valence-corrected chi connectivity index (χ1v) is 5.24. The highest BCUT2D eigenvalue weighted by Gasteiger charge is 2.11. The van der Waals surface area contributed by atoms with Crippen molar-refractivity contribution in [3.8, 4) is 17.0 Å². The van der Waals surface area contributed by atoms with Crippen LogP contribution in [0.2, 0.25) is 5.02 Å². The van der Waals surface area contributed by atoms with E-state index in [-0.39, 0.29) is 5.02 Å². The summed E-state index contributed by atoms with van der Waals surface area (Å²) < 4.78 is 18.1. The summed E-state index contributed by atoms with van der Waals surface area (Å²) in [4.78, 5) is 4.04. The van der Waals surface area contributed by atoms with E-state index in [1.54, 1.807) is 12.1 Å². The van der Waals surface area contributed by atoms with E-state index in [4.69, 9.17) is 22.1 Å². The van der Waals surface area contributed by atoms with Crippen molar-refractivity contribution in [3.63, 3.8) is 0 Å². The lowest BCUT2D eigenvalue weighted by atomic mass is 10.1. The molecule has 0 aliphatic carbocycles. The monoisotopic (exact) mass is 252 g/mol. The Kier molecular flexibility index (Phi) is 3.15. The van der Waals surface area contributed by atoms with Gasteiger partial charge in [0.2, 0.25) is 5.88 Å². The fourth-order valence-corrected chi connectivity index (χ4v) is 1.80. The van der Waals surface area contributed by atoms with E-state index in [0.29, 0.717) is 22.7 Å². The third-order valence-corrected chi connectivity index (χ3v) is 2.60. The molecule has 5 heteroatoms. The first-order valence-electron chi connectivity index (χ1n) is 4.86. The Balaban J connectivity index is 2.62. The van der Waals surface area contributed by atoms with Crippen LogP contribution in [-0.4, -0.2) is 12.1 Å². The van der Waals surface area contributed by atoms with Crippen molar-refractivity contribution in [2.24, 2.45) is 0 Å². The molecule has 0 atom stereocenters. The first-order chi connectivity index (χ1) is 8.11. The van der Waals surface area contributed by atoms with Gasteiger partial charge in [0.15, 0.2) is 0 Å². The number of halogens is 2. The molecule has 2 aromatic rings. The Morgan fingerprint density at radius 1 is 1.29 bits per heavy atom. The molecule has 3 nitrogen and oxygen atoms in total. The van der Waals surface area contributed by atoms with Gasteiger partial charge in [-0.05, 0) is 24.3 Å². The van der Waals surface area contributed by atoms with Crippen LogP contribution in [0.1, 0.15) is 0 Å². The summed E-state index contributed by atoms with van der Waals surface area (Å²) in [5.41, 5.74) is 7.42. The van der Waals surface area contributed by atoms with E-state index in [2.05, 4.69) is 4.98 Å². The van der Waals surface area contributed by atoms with Gasteiger partial charge in [-0.15, -0.1) is 0 Å². The Hall–Kier alpha value is -1.81. The summed E-state index contributed by atoms with van der Waals surface area (Å²) in [6.07, 6.45) is 1.49. The molecular formula is C12H10ClFN2O. The minimum Gasteiger partial charge on any atom is -0.481 e. The lowest BCUT2D eigenvalue weighted by Gasteiger charge is -2.09. The van der Waals surface area contributed by atoms with Gasteiger partial charge in [-0.1, -0.05) is 11.6 Å². The van der Waals surface area contributed by atoms with E-state index in [1.807, 2.05) is 0 Å². The number of nitrogens with zero attached hydrogens (tertiary/aromatic N) is 1. The number of hydrogen-bond donors (Lipinski definition) is 1. The Bertz CT molecular complexity index is 560. The Morgan fingerprint density at radius 2 is 2.06 bits per heavy atom. The second-order valence-corrected chi connectivity index (χ2v) is 3.86. The van der Waals surface area contributed by atoms with Crippen molar-refractivity contribution in [2.45, 2.75) is 0 Å². The molecule has 0 spiro atoms. The molecule has 0 fully saturated rings. The van der Waals surface area contributed by atoms with Gasteiger partial charge < -0.3 is 10.5 Å². The molecule has 2 rings (SSSR count). The maximum absolute atomic E-state index is 13.0. The number of ether oxygens (including phenoxy) is 1. The largest absolute Gasteiger partial charge is 0.481 e. The summed E-state index contributed by atoms with van der Waals surface area (Å²) in [5.74, 6) is 0.00212. The minimum absolute atomic E-state index is 0.288. The van der Waals surface area contributed by atoms with E-state index in [1.165, 1.54) is 25.4 Å². The zero-order valence-electron chi connectivity index (χ0n) is 9.08. The van der Waals surface area contributed by atoms with Crippen molar-refractivity contribution in [1.29, 1.82) is 0 Å².